The topological polar surface area (TPSA) is 103 Å². The molecule has 8 nitrogen and oxygen atoms in total. The van der Waals surface area contributed by atoms with Gasteiger partial charge in [-0.3, -0.25) is 19.8 Å². The second-order valence-electron chi connectivity index (χ2n) is 5.95. The molecular weight excluding hydrogens is 453 g/mol. The summed E-state index contributed by atoms with van der Waals surface area (Å²) < 4.78 is 5.18. The van der Waals surface area contributed by atoms with E-state index in [4.69, 9.17) is 27.9 Å². The van der Waals surface area contributed by atoms with Crippen LogP contribution in [0.1, 0.15) is 23.0 Å². The van der Waals surface area contributed by atoms with E-state index in [-0.39, 0.29) is 28.8 Å². The number of carbonyl (C=O) groups excluding carboxylic acids is 2. The third-order valence-corrected chi connectivity index (χ3v) is 5.28. The molecule has 0 unspecified atom stereocenters. The SMILES string of the molecule is CC(=O)N(c1cccc(Cl)c1)c1nc(COC(=O)c2cc([N+](=O)[O-])ccc2Cl)cs1. The Bertz CT molecular complexity index is 1130. The maximum absolute atomic E-state index is 12.3. The summed E-state index contributed by atoms with van der Waals surface area (Å²) in [6.07, 6.45) is 0. The summed E-state index contributed by atoms with van der Waals surface area (Å²) >= 11 is 13.1. The van der Waals surface area contributed by atoms with Crippen molar-refractivity contribution < 1.29 is 19.2 Å². The standard InChI is InChI=1S/C19H13Cl2N3O5S/c1-11(25)23(14-4-2-3-12(20)7-14)19-22-13(10-30-19)9-29-18(26)16-8-15(24(27)28)5-6-17(16)21/h2-8,10H,9H2,1H3. The fourth-order valence-corrected chi connectivity index (χ4v) is 3.76. The third kappa shape index (κ3) is 4.93. The Morgan fingerprint density at radius 2 is 2.00 bits per heavy atom. The molecule has 0 aliphatic carbocycles. The number of non-ortho nitro benzene ring substituents is 1. The molecule has 3 rings (SSSR count). The summed E-state index contributed by atoms with van der Waals surface area (Å²) in [6.45, 7) is 1.20. The van der Waals surface area contributed by atoms with Crippen LogP contribution in [0.15, 0.2) is 47.8 Å². The van der Waals surface area contributed by atoms with Crippen molar-refractivity contribution in [1.82, 2.24) is 4.98 Å². The highest BCUT2D eigenvalue weighted by Crippen LogP contribution is 2.31. The van der Waals surface area contributed by atoms with E-state index in [1.54, 1.807) is 29.6 Å². The van der Waals surface area contributed by atoms with Gasteiger partial charge >= 0.3 is 5.97 Å². The van der Waals surface area contributed by atoms with Crippen LogP contribution in [-0.2, 0) is 16.1 Å². The predicted molar refractivity (Wildman–Crippen MR) is 114 cm³/mol. The van der Waals surface area contributed by atoms with Crippen molar-refractivity contribution in [2.24, 2.45) is 0 Å². The quantitative estimate of drug-likeness (QED) is 0.274. The number of esters is 1. The molecule has 2 aromatic carbocycles. The summed E-state index contributed by atoms with van der Waals surface area (Å²) in [5, 5.41) is 13.4. The van der Waals surface area contributed by atoms with E-state index in [0.29, 0.717) is 21.5 Å². The van der Waals surface area contributed by atoms with Gasteiger partial charge in [0.15, 0.2) is 5.13 Å². The van der Waals surface area contributed by atoms with Crippen LogP contribution in [0.2, 0.25) is 10.0 Å². The summed E-state index contributed by atoms with van der Waals surface area (Å²) in [7, 11) is 0. The number of hydrogen-bond acceptors (Lipinski definition) is 7. The first-order valence-corrected chi connectivity index (χ1v) is 10.0. The molecule has 0 saturated carbocycles. The van der Waals surface area contributed by atoms with E-state index in [9.17, 15) is 19.7 Å². The molecule has 0 aliphatic heterocycles. The Morgan fingerprint density at radius 1 is 1.23 bits per heavy atom. The van der Waals surface area contributed by atoms with Crippen molar-refractivity contribution in [1.29, 1.82) is 0 Å². The number of nitro groups is 1. The fourth-order valence-electron chi connectivity index (χ4n) is 2.51. The average Bonchev–Trinajstić information content (AvgIpc) is 3.14. The smallest absolute Gasteiger partial charge is 0.340 e. The number of carbonyl (C=O) groups is 2. The summed E-state index contributed by atoms with van der Waals surface area (Å²) in [4.78, 5) is 40.4. The summed E-state index contributed by atoms with van der Waals surface area (Å²) in [6, 6.07) is 10.3. The molecule has 0 radical (unpaired) electrons. The van der Waals surface area contributed by atoms with E-state index in [1.165, 1.54) is 35.3 Å². The van der Waals surface area contributed by atoms with Crippen LogP contribution in [0.4, 0.5) is 16.5 Å². The molecule has 0 spiro atoms. The lowest BCUT2D eigenvalue weighted by molar-refractivity contribution is -0.384. The predicted octanol–water partition coefficient (Wildman–Crippen LogP) is 5.40. The van der Waals surface area contributed by atoms with E-state index in [1.807, 2.05) is 0 Å². The number of hydrogen-bond donors (Lipinski definition) is 0. The molecular formula is C19H13Cl2N3O5S. The molecule has 154 valence electrons. The number of anilines is 2. The molecule has 0 N–H and O–H groups in total. The number of amides is 1. The minimum Gasteiger partial charge on any atom is -0.456 e. The van der Waals surface area contributed by atoms with Gasteiger partial charge in [0.2, 0.25) is 5.91 Å². The van der Waals surface area contributed by atoms with E-state index < -0.39 is 10.9 Å². The molecule has 3 aromatic rings. The normalized spacial score (nSPS) is 10.5. The van der Waals surface area contributed by atoms with Crippen molar-refractivity contribution in [3.05, 3.63) is 79.3 Å². The highest BCUT2D eigenvalue weighted by Gasteiger charge is 2.20. The highest BCUT2D eigenvalue weighted by molar-refractivity contribution is 7.14. The zero-order valence-corrected chi connectivity index (χ0v) is 17.7. The summed E-state index contributed by atoms with van der Waals surface area (Å²) in [5.41, 5.74) is 0.556. The number of halogens is 2. The monoisotopic (exact) mass is 465 g/mol. The van der Waals surface area contributed by atoms with Crippen LogP contribution in [-0.4, -0.2) is 21.8 Å². The zero-order chi connectivity index (χ0) is 21.8. The average molecular weight is 466 g/mol. The molecule has 30 heavy (non-hydrogen) atoms. The Kier molecular flexibility index (Phi) is 6.66. The minimum absolute atomic E-state index is 0.0354. The number of aromatic nitrogens is 1. The van der Waals surface area contributed by atoms with Crippen molar-refractivity contribution in [2.75, 3.05) is 4.90 Å². The molecule has 1 heterocycles. The highest BCUT2D eigenvalue weighted by atomic mass is 35.5. The van der Waals surface area contributed by atoms with Crippen LogP contribution in [0.3, 0.4) is 0 Å². The minimum atomic E-state index is -0.823. The van der Waals surface area contributed by atoms with Gasteiger partial charge in [-0.2, -0.15) is 0 Å². The molecule has 0 bridgehead atoms. The first-order chi connectivity index (χ1) is 14.3. The number of benzene rings is 2. The zero-order valence-electron chi connectivity index (χ0n) is 15.4. The van der Waals surface area contributed by atoms with Gasteiger partial charge in [0.1, 0.15) is 6.61 Å². The van der Waals surface area contributed by atoms with Gasteiger partial charge < -0.3 is 4.74 Å². The molecule has 11 heteroatoms. The van der Waals surface area contributed by atoms with Gasteiger partial charge in [-0.05, 0) is 24.3 Å². The van der Waals surface area contributed by atoms with Crippen LogP contribution >= 0.6 is 34.5 Å². The molecule has 0 saturated heterocycles. The largest absolute Gasteiger partial charge is 0.456 e. The van der Waals surface area contributed by atoms with Crippen molar-refractivity contribution in [2.45, 2.75) is 13.5 Å². The molecule has 1 amide bonds. The van der Waals surface area contributed by atoms with Crippen LogP contribution in [0, 0.1) is 10.1 Å². The van der Waals surface area contributed by atoms with Crippen molar-refractivity contribution in [3.63, 3.8) is 0 Å². The Labute approximate surface area is 184 Å². The molecule has 0 fully saturated rings. The number of thiazole rings is 1. The van der Waals surface area contributed by atoms with Crippen LogP contribution < -0.4 is 4.90 Å². The first-order valence-electron chi connectivity index (χ1n) is 8.38. The van der Waals surface area contributed by atoms with Gasteiger partial charge in [0.25, 0.3) is 5.69 Å². The number of nitrogens with zero attached hydrogens (tertiary/aromatic N) is 3. The second kappa shape index (κ2) is 9.21. The first kappa shape index (κ1) is 21.7. The molecule has 0 atom stereocenters. The van der Waals surface area contributed by atoms with Crippen LogP contribution in [0.25, 0.3) is 0 Å². The van der Waals surface area contributed by atoms with Gasteiger partial charge in [0.05, 0.1) is 26.9 Å². The van der Waals surface area contributed by atoms with Gasteiger partial charge in [-0.15, -0.1) is 11.3 Å². The number of nitro benzene ring substituents is 1. The van der Waals surface area contributed by atoms with E-state index in [0.717, 1.165) is 6.07 Å². The van der Waals surface area contributed by atoms with Crippen LogP contribution in [0.5, 0.6) is 0 Å². The van der Waals surface area contributed by atoms with E-state index in [2.05, 4.69) is 4.98 Å². The Morgan fingerprint density at radius 3 is 2.67 bits per heavy atom. The summed E-state index contributed by atoms with van der Waals surface area (Å²) in [5.74, 6) is -1.09. The van der Waals surface area contributed by atoms with Crippen molar-refractivity contribution in [3.8, 4) is 0 Å². The Balaban J connectivity index is 1.75. The fraction of sp³-hybridized carbons (Fsp3) is 0.105. The lowest BCUT2D eigenvalue weighted by atomic mass is 10.2. The lowest BCUT2D eigenvalue weighted by Gasteiger charge is -2.18. The number of rotatable bonds is 6. The number of ether oxygens (including phenoxy) is 1. The van der Waals surface area contributed by atoms with E-state index >= 15 is 0 Å². The Hall–Kier alpha value is -3.01. The lowest BCUT2D eigenvalue weighted by Crippen LogP contribution is -2.22. The molecule has 0 aliphatic rings. The maximum atomic E-state index is 12.3. The van der Waals surface area contributed by atoms with Gasteiger partial charge in [0, 0.05) is 29.5 Å². The third-order valence-electron chi connectivity index (χ3n) is 3.84. The second-order valence-corrected chi connectivity index (χ2v) is 7.63. The van der Waals surface area contributed by atoms with Crippen molar-refractivity contribution >= 4 is 62.9 Å². The van der Waals surface area contributed by atoms with Gasteiger partial charge in [-0.1, -0.05) is 29.3 Å². The van der Waals surface area contributed by atoms with Gasteiger partial charge in [-0.25, -0.2) is 9.78 Å². The molecule has 1 aromatic heterocycles. The maximum Gasteiger partial charge on any atom is 0.340 e.